The van der Waals surface area contributed by atoms with E-state index >= 15 is 0 Å². The molecule has 0 aromatic carbocycles. The minimum Gasteiger partial charge on any atom is -0.351 e. The highest BCUT2D eigenvalue weighted by Crippen LogP contribution is 2.37. The van der Waals surface area contributed by atoms with Gasteiger partial charge in [0.15, 0.2) is 7.85 Å². The summed E-state index contributed by atoms with van der Waals surface area (Å²) >= 11 is 1.74. The Morgan fingerprint density at radius 2 is 2.00 bits per heavy atom. The summed E-state index contributed by atoms with van der Waals surface area (Å²) in [5.41, 5.74) is -1.07. The fourth-order valence-electron chi connectivity index (χ4n) is 4.61. The second-order valence-corrected chi connectivity index (χ2v) is 9.22. The molecule has 4 rings (SSSR count). The molecule has 1 saturated carbocycles. The zero-order valence-electron chi connectivity index (χ0n) is 17.3. The molecule has 2 aromatic heterocycles. The molecule has 6 nitrogen and oxygen atoms in total. The molecule has 2 unspecified atom stereocenters. The Hall–Kier alpha value is -1.68. The van der Waals surface area contributed by atoms with Crippen molar-refractivity contribution >= 4 is 36.8 Å². The number of nitrogens with one attached hydrogen (secondary N) is 1. The van der Waals surface area contributed by atoms with Crippen LogP contribution in [0.3, 0.4) is 0 Å². The van der Waals surface area contributed by atoms with Gasteiger partial charge >= 0.3 is 0 Å². The van der Waals surface area contributed by atoms with Crippen molar-refractivity contribution in [2.45, 2.75) is 56.9 Å². The maximum atomic E-state index is 14.0. The topological polar surface area (TPSA) is 63.1 Å². The minimum absolute atomic E-state index is 0.171. The van der Waals surface area contributed by atoms with Crippen LogP contribution in [0.2, 0.25) is 0 Å². The van der Waals surface area contributed by atoms with Gasteiger partial charge < -0.3 is 5.32 Å². The number of hydrogen-bond donors (Lipinski definition) is 1. The van der Waals surface area contributed by atoms with Crippen molar-refractivity contribution in [1.29, 1.82) is 0 Å². The lowest BCUT2D eigenvalue weighted by Crippen LogP contribution is -2.36. The number of anilines is 1. The van der Waals surface area contributed by atoms with E-state index in [4.69, 9.17) is 7.85 Å². The van der Waals surface area contributed by atoms with E-state index in [0.29, 0.717) is 17.0 Å². The van der Waals surface area contributed by atoms with Crippen molar-refractivity contribution in [3.05, 3.63) is 28.2 Å². The monoisotopic (exact) mass is 433 g/mol. The van der Waals surface area contributed by atoms with Gasteiger partial charge in [-0.05, 0) is 43.9 Å². The van der Waals surface area contributed by atoms with Crippen LogP contribution in [-0.4, -0.2) is 52.1 Å². The Morgan fingerprint density at radius 3 is 2.60 bits per heavy atom. The van der Waals surface area contributed by atoms with E-state index in [2.05, 4.69) is 25.8 Å². The molecule has 2 aliphatic rings. The summed E-state index contributed by atoms with van der Waals surface area (Å²) in [5, 5.41) is 3.76. The number of nitrogens with zero attached hydrogens (tertiary/aromatic N) is 4. The molecule has 2 atom stereocenters. The highest BCUT2D eigenvalue weighted by Gasteiger charge is 2.34. The van der Waals surface area contributed by atoms with Crippen molar-refractivity contribution < 1.29 is 8.78 Å². The van der Waals surface area contributed by atoms with Crippen LogP contribution in [0.25, 0.3) is 11.0 Å². The summed E-state index contributed by atoms with van der Waals surface area (Å²) in [7, 11) is 5.02. The van der Waals surface area contributed by atoms with Gasteiger partial charge in [0.25, 0.3) is 5.56 Å². The summed E-state index contributed by atoms with van der Waals surface area (Å²) in [4.78, 5) is 22.0. The zero-order valence-corrected chi connectivity index (χ0v) is 18.1. The van der Waals surface area contributed by atoms with E-state index in [9.17, 15) is 13.6 Å². The lowest BCUT2D eigenvalue weighted by molar-refractivity contribution is 0.0917. The van der Waals surface area contributed by atoms with Crippen molar-refractivity contribution in [3.8, 4) is 0 Å². The minimum atomic E-state index is -3.71. The van der Waals surface area contributed by atoms with E-state index in [-0.39, 0.29) is 18.0 Å². The Balaban J connectivity index is 1.74. The molecule has 0 bridgehead atoms. The van der Waals surface area contributed by atoms with Gasteiger partial charge in [0.05, 0.1) is 5.56 Å². The molecular weight excluding hydrogens is 407 g/mol. The van der Waals surface area contributed by atoms with Crippen LogP contribution < -0.4 is 10.9 Å². The Bertz CT molecular complexity index is 974. The summed E-state index contributed by atoms with van der Waals surface area (Å²) in [5.74, 6) is -3.08. The highest BCUT2D eigenvalue weighted by atomic mass is 32.2. The van der Waals surface area contributed by atoms with Gasteiger partial charge in [-0.25, -0.2) is 13.8 Å². The summed E-state index contributed by atoms with van der Waals surface area (Å²) in [6, 6.07) is 1.20. The highest BCUT2D eigenvalue weighted by molar-refractivity contribution is 7.96. The van der Waals surface area contributed by atoms with E-state index in [0.717, 1.165) is 51.3 Å². The first-order valence-corrected chi connectivity index (χ1v) is 11.6. The Kier molecular flexibility index (Phi) is 6.07. The van der Waals surface area contributed by atoms with Crippen molar-refractivity contribution in [1.82, 2.24) is 18.8 Å². The molecule has 0 spiro atoms. The van der Waals surface area contributed by atoms with Crippen LogP contribution in [0.4, 0.5) is 14.7 Å². The first-order valence-electron chi connectivity index (χ1n) is 10.4. The lowest BCUT2D eigenvalue weighted by Gasteiger charge is -2.30. The molecule has 0 amide bonds. The van der Waals surface area contributed by atoms with Gasteiger partial charge in [-0.2, -0.15) is 4.98 Å². The molecule has 30 heavy (non-hydrogen) atoms. The molecule has 2 fully saturated rings. The molecule has 1 saturated heterocycles. The number of aromatic nitrogens is 3. The third-order valence-corrected chi connectivity index (χ3v) is 7.21. The van der Waals surface area contributed by atoms with E-state index < -0.39 is 16.9 Å². The van der Waals surface area contributed by atoms with Gasteiger partial charge in [-0.15, -0.1) is 0 Å². The molecule has 1 aliphatic carbocycles. The number of piperidine rings is 1. The van der Waals surface area contributed by atoms with Crippen molar-refractivity contribution in [2.75, 3.05) is 24.7 Å². The number of fused-ring (bicyclic) bond motifs is 1. The van der Waals surface area contributed by atoms with Crippen molar-refractivity contribution in [2.24, 2.45) is 5.92 Å². The molecule has 160 valence electrons. The van der Waals surface area contributed by atoms with Crippen LogP contribution in [0.1, 0.15) is 50.6 Å². The molecule has 2 aromatic rings. The Morgan fingerprint density at radius 1 is 1.27 bits per heavy atom. The largest absolute Gasteiger partial charge is 0.351 e. The average molecular weight is 433 g/mol. The predicted molar refractivity (Wildman–Crippen MR) is 117 cm³/mol. The molecule has 3 heterocycles. The number of halogens is 2. The van der Waals surface area contributed by atoms with Crippen LogP contribution >= 0.6 is 11.9 Å². The third kappa shape index (κ3) is 4.21. The molecule has 2 radical (unpaired) electrons. The fourth-order valence-corrected chi connectivity index (χ4v) is 5.19. The average Bonchev–Trinajstić information content (AvgIpc) is 3.12. The maximum absolute atomic E-state index is 14.0. The normalized spacial score (nSPS) is 23.9. The van der Waals surface area contributed by atoms with Crippen molar-refractivity contribution in [3.63, 3.8) is 0 Å². The molecular formula is C20H26BF2N5OS. The van der Waals surface area contributed by atoms with Crippen LogP contribution in [0.5, 0.6) is 0 Å². The number of hydrogen-bond acceptors (Lipinski definition) is 6. The first kappa shape index (κ1) is 21.6. The van der Waals surface area contributed by atoms with Gasteiger partial charge in [0.1, 0.15) is 5.65 Å². The molecule has 1 N–H and O–H groups in total. The zero-order chi connectivity index (χ0) is 21.5. The number of rotatable bonds is 5. The maximum Gasteiger partial charge on any atom is 0.260 e. The first-order chi connectivity index (χ1) is 14.3. The summed E-state index contributed by atoms with van der Waals surface area (Å²) < 4.78 is 31.7. The van der Waals surface area contributed by atoms with Crippen LogP contribution in [0.15, 0.2) is 17.1 Å². The molecule has 1 aliphatic heterocycles. The quantitative estimate of drug-likeness (QED) is 0.575. The van der Waals surface area contributed by atoms with Gasteiger partial charge in [-0.3, -0.25) is 13.7 Å². The van der Waals surface area contributed by atoms with E-state index in [1.165, 1.54) is 10.8 Å². The number of pyridine rings is 1. The predicted octanol–water partition coefficient (Wildman–Crippen LogP) is 3.52. The number of alkyl halides is 2. The lowest BCUT2D eigenvalue weighted by atomic mass is 9.91. The van der Waals surface area contributed by atoms with Crippen LogP contribution in [-0.2, 0) is 5.82 Å². The van der Waals surface area contributed by atoms with E-state index in [1.807, 2.05) is 6.92 Å². The molecule has 10 heteroatoms. The summed E-state index contributed by atoms with van der Waals surface area (Å²) in [6.07, 6.45) is 8.17. The second kappa shape index (κ2) is 8.46. The van der Waals surface area contributed by atoms with Gasteiger partial charge in [0.2, 0.25) is 11.8 Å². The fraction of sp³-hybridized carbons (Fsp3) is 0.650. The van der Waals surface area contributed by atoms with Gasteiger partial charge in [0, 0.05) is 36.8 Å². The van der Waals surface area contributed by atoms with E-state index in [1.54, 1.807) is 11.9 Å². The SMILES string of the molecule is [B]C(F)(F)c1cc2cnc(NC3CCN(SC)CC3)nc2n(C2CCCC2C)c1=O. The second-order valence-electron chi connectivity index (χ2n) is 8.33. The standard InChI is InChI=1S/C20H26BF2N5OS/c1-12-4-3-5-16(12)28-17-13(10-15(18(28)29)20(21,22)23)11-24-19(26-17)25-14-6-8-27(30-2)9-7-14/h10-12,14,16H,3-9H2,1-2H3,(H,24,25,26). The smallest absolute Gasteiger partial charge is 0.260 e. The van der Waals surface area contributed by atoms with Gasteiger partial charge in [-0.1, -0.05) is 25.3 Å². The third-order valence-electron chi connectivity index (χ3n) is 6.33. The Labute approximate surface area is 180 Å². The van der Waals surface area contributed by atoms with Crippen LogP contribution in [0, 0.1) is 5.92 Å². The summed E-state index contributed by atoms with van der Waals surface area (Å²) in [6.45, 7) is 4.00.